The summed E-state index contributed by atoms with van der Waals surface area (Å²) in [4.78, 5) is 17.7. The van der Waals surface area contributed by atoms with Crippen LogP contribution in [-0.4, -0.2) is 38.0 Å². The molecule has 34 heavy (non-hydrogen) atoms. The van der Waals surface area contributed by atoms with Crippen LogP contribution in [-0.2, 0) is 11.3 Å². The van der Waals surface area contributed by atoms with E-state index in [1.807, 2.05) is 61.5 Å². The quantitative estimate of drug-likeness (QED) is 0.473. The summed E-state index contributed by atoms with van der Waals surface area (Å²) in [6.07, 6.45) is 3.95. The smallest absolute Gasteiger partial charge is 0.258 e. The Morgan fingerprint density at radius 2 is 1.68 bits per heavy atom. The van der Waals surface area contributed by atoms with Gasteiger partial charge in [-0.05, 0) is 67.4 Å². The second-order valence-corrected chi connectivity index (χ2v) is 9.35. The maximum Gasteiger partial charge on any atom is 0.258 e. The van der Waals surface area contributed by atoms with Gasteiger partial charge in [0.05, 0.1) is 17.0 Å². The second kappa shape index (κ2) is 9.74. The first kappa shape index (κ1) is 22.2. The van der Waals surface area contributed by atoms with Gasteiger partial charge < -0.3 is 15.5 Å². The third-order valence-electron chi connectivity index (χ3n) is 6.65. The lowest BCUT2D eigenvalue weighted by molar-refractivity contribution is -0.110. The maximum absolute atomic E-state index is 13.2. The lowest BCUT2D eigenvalue weighted by Crippen LogP contribution is -2.29. The van der Waals surface area contributed by atoms with Crippen LogP contribution in [0.15, 0.2) is 72.8 Å². The number of piperidine rings is 1. The molecule has 2 aliphatic rings. The highest BCUT2D eigenvalue weighted by Crippen LogP contribution is 2.39. The molecule has 1 amide bonds. The number of rotatable bonds is 6. The van der Waals surface area contributed by atoms with Gasteiger partial charge in [-0.2, -0.15) is 0 Å². The van der Waals surface area contributed by atoms with E-state index >= 15 is 0 Å². The number of nitrogens with zero attached hydrogens (tertiary/aromatic N) is 2. The number of anilines is 3. The van der Waals surface area contributed by atoms with E-state index in [0.717, 1.165) is 40.4 Å². The third-order valence-corrected chi connectivity index (χ3v) is 6.65. The van der Waals surface area contributed by atoms with E-state index in [4.69, 9.17) is 0 Å². The van der Waals surface area contributed by atoms with Crippen LogP contribution in [0.25, 0.3) is 11.3 Å². The number of carbonyl (C=O) groups is 1. The van der Waals surface area contributed by atoms with Crippen molar-refractivity contribution in [1.82, 2.24) is 4.90 Å². The van der Waals surface area contributed by atoms with Gasteiger partial charge in [-0.1, -0.05) is 48.9 Å². The van der Waals surface area contributed by atoms with Gasteiger partial charge in [0.15, 0.2) is 0 Å². The van der Waals surface area contributed by atoms with Gasteiger partial charge in [0.25, 0.3) is 5.91 Å². The first-order valence-corrected chi connectivity index (χ1v) is 12.1. The fourth-order valence-electron chi connectivity index (χ4n) is 4.78. The largest absolute Gasteiger partial charge is 0.378 e. The molecule has 3 aromatic carbocycles. The topological polar surface area (TPSA) is 47.6 Å². The minimum Gasteiger partial charge on any atom is -0.378 e. The molecule has 0 saturated carbocycles. The molecule has 2 heterocycles. The van der Waals surface area contributed by atoms with Crippen molar-refractivity contribution in [2.45, 2.75) is 25.8 Å². The molecule has 174 valence electrons. The molecule has 0 bridgehead atoms. The second-order valence-electron chi connectivity index (χ2n) is 9.35. The average Bonchev–Trinajstić information content (AvgIpc) is 3.19. The van der Waals surface area contributed by atoms with Crippen LogP contribution < -0.4 is 15.5 Å². The molecule has 3 aromatic rings. The van der Waals surface area contributed by atoms with Crippen molar-refractivity contribution in [1.29, 1.82) is 0 Å². The van der Waals surface area contributed by atoms with E-state index < -0.39 is 0 Å². The summed E-state index contributed by atoms with van der Waals surface area (Å²) in [5.74, 6) is -0.0843. The number of hydrogen-bond donors (Lipinski definition) is 2. The molecule has 2 aliphatic heterocycles. The van der Waals surface area contributed by atoms with Crippen molar-refractivity contribution in [2.75, 3.05) is 42.7 Å². The van der Waals surface area contributed by atoms with Gasteiger partial charge >= 0.3 is 0 Å². The highest BCUT2D eigenvalue weighted by molar-refractivity contribution is 6.37. The van der Waals surface area contributed by atoms with E-state index in [1.54, 1.807) is 0 Å². The summed E-state index contributed by atoms with van der Waals surface area (Å²) >= 11 is 0. The van der Waals surface area contributed by atoms with Crippen molar-refractivity contribution in [3.8, 4) is 0 Å². The molecule has 0 unspecified atom stereocenters. The molecule has 5 rings (SSSR count). The van der Waals surface area contributed by atoms with Crippen LogP contribution in [0.4, 0.5) is 17.1 Å². The molecule has 1 fully saturated rings. The molecule has 0 aliphatic carbocycles. The Labute approximate surface area is 202 Å². The number of likely N-dealkylation sites (tertiary alicyclic amines) is 1. The van der Waals surface area contributed by atoms with Crippen molar-refractivity contribution >= 4 is 34.2 Å². The van der Waals surface area contributed by atoms with E-state index in [0.29, 0.717) is 5.57 Å². The van der Waals surface area contributed by atoms with Crippen LogP contribution in [0.1, 0.15) is 36.0 Å². The summed E-state index contributed by atoms with van der Waals surface area (Å²) in [5.41, 5.74) is 7.58. The van der Waals surface area contributed by atoms with Crippen LogP contribution in [0.5, 0.6) is 0 Å². The number of amides is 1. The highest BCUT2D eigenvalue weighted by atomic mass is 16.2. The number of fused-ring (bicyclic) bond motifs is 1. The lowest BCUT2D eigenvalue weighted by Gasteiger charge is -2.26. The molecule has 5 heteroatoms. The summed E-state index contributed by atoms with van der Waals surface area (Å²) < 4.78 is 0. The SMILES string of the molecule is CN(C)c1ccc2c(c1)NC(=O)C2=C(Nc1ccc(CN2CCCCC2)cc1)c1ccccc1. The third kappa shape index (κ3) is 4.70. The molecule has 5 nitrogen and oxygen atoms in total. The molecule has 1 saturated heterocycles. The van der Waals surface area contributed by atoms with Gasteiger partial charge in [0.1, 0.15) is 0 Å². The number of nitrogens with one attached hydrogen (secondary N) is 2. The normalized spacial score (nSPS) is 17.2. The van der Waals surface area contributed by atoms with Crippen molar-refractivity contribution in [3.63, 3.8) is 0 Å². The Morgan fingerprint density at radius 3 is 2.38 bits per heavy atom. The van der Waals surface area contributed by atoms with Crippen molar-refractivity contribution < 1.29 is 4.79 Å². The molecule has 0 aromatic heterocycles. The van der Waals surface area contributed by atoms with Crippen LogP contribution in [0.3, 0.4) is 0 Å². The first-order chi connectivity index (χ1) is 16.6. The summed E-state index contributed by atoms with van der Waals surface area (Å²) in [5, 5.41) is 6.64. The predicted octanol–water partition coefficient (Wildman–Crippen LogP) is 5.67. The molecular weight excluding hydrogens is 420 g/mol. The average molecular weight is 453 g/mol. The van der Waals surface area contributed by atoms with E-state index in [1.165, 1.54) is 37.9 Å². The standard InChI is InChI=1S/C29H32N4O/c1-32(2)24-15-16-25-26(19-24)31-29(34)27(25)28(22-9-5-3-6-10-22)30-23-13-11-21(12-14-23)20-33-17-7-4-8-18-33/h3,5-6,9-16,19,30H,4,7-8,17-18,20H2,1-2H3,(H,31,34). The Kier molecular flexibility index (Phi) is 6.37. The summed E-state index contributed by atoms with van der Waals surface area (Å²) in [7, 11) is 4.00. The zero-order chi connectivity index (χ0) is 23.5. The van der Waals surface area contributed by atoms with Gasteiger partial charge in [0.2, 0.25) is 0 Å². The summed E-state index contributed by atoms with van der Waals surface area (Å²) in [6.45, 7) is 3.37. The van der Waals surface area contributed by atoms with E-state index in [-0.39, 0.29) is 5.91 Å². The Balaban J connectivity index is 1.47. The monoisotopic (exact) mass is 452 g/mol. The van der Waals surface area contributed by atoms with Gasteiger partial charge in [-0.3, -0.25) is 9.69 Å². The minimum atomic E-state index is -0.0843. The van der Waals surface area contributed by atoms with Gasteiger partial charge in [-0.15, -0.1) is 0 Å². The Hall–Kier alpha value is -3.57. The molecule has 0 atom stereocenters. The number of hydrogen-bond acceptors (Lipinski definition) is 4. The minimum absolute atomic E-state index is 0.0843. The van der Waals surface area contributed by atoms with E-state index in [2.05, 4.69) is 45.9 Å². The summed E-state index contributed by atoms with van der Waals surface area (Å²) in [6, 6.07) is 24.8. The van der Waals surface area contributed by atoms with Crippen LogP contribution in [0, 0.1) is 0 Å². The fraction of sp³-hybridized carbons (Fsp3) is 0.276. The number of carbonyl (C=O) groups excluding carboxylic acids is 1. The predicted molar refractivity (Wildman–Crippen MR) is 142 cm³/mol. The molecule has 0 radical (unpaired) electrons. The van der Waals surface area contributed by atoms with Crippen LogP contribution >= 0.6 is 0 Å². The van der Waals surface area contributed by atoms with Gasteiger partial charge in [-0.25, -0.2) is 0 Å². The first-order valence-electron chi connectivity index (χ1n) is 12.1. The Morgan fingerprint density at radius 1 is 0.941 bits per heavy atom. The van der Waals surface area contributed by atoms with E-state index in [9.17, 15) is 4.79 Å². The molecule has 0 spiro atoms. The zero-order valence-corrected chi connectivity index (χ0v) is 20.0. The zero-order valence-electron chi connectivity index (χ0n) is 20.0. The lowest BCUT2D eigenvalue weighted by atomic mass is 9.99. The van der Waals surface area contributed by atoms with Crippen LogP contribution in [0.2, 0.25) is 0 Å². The van der Waals surface area contributed by atoms with Gasteiger partial charge in [0, 0.05) is 37.6 Å². The van der Waals surface area contributed by atoms with Crippen molar-refractivity contribution in [2.24, 2.45) is 0 Å². The Bertz CT molecular complexity index is 1190. The fourth-order valence-corrected chi connectivity index (χ4v) is 4.78. The maximum atomic E-state index is 13.2. The highest BCUT2D eigenvalue weighted by Gasteiger charge is 2.29. The van der Waals surface area contributed by atoms with Crippen molar-refractivity contribution in [3.05, 3.63) is 89.5 Å². The molecular formula is C29H32N4O. The number of benzene rings is 3. The molecule has 2 N–H and O–H groups in total.